The second-order valence-electron chi connectivity index (χ2n) is 14.7. The number of halogens is 3. The molecule has 326 valence electrons. The predicted octanol–water partition coefficient (Wildman–Crippen LogP) is 6.62. The van der Waals surface area contributed by atoms with Crippen molar-refractivity contribution in [3.05, 3.63) is 170 Å². The maximum absolute atomic E-state index is 9.83. The van der Waals surface area contributed by atoms with Crippen molar-refractivity contribution in [3.63, 3.8) is 0 Å². The van der Waals surface area contributed by atoms with Crippen LogP contribution in [0.15, 0.2) is 110 Å². The number of nitrogens with two attached hydrogens (primary N) is 1. The van der Waals surface area contributed by atoms with Gasteiger partial charge in [0.1, 0.15) is 11.4 Å². The Morgan fingerprint density at radius 2 is 1.06 bits per heavy atom. The zero-order valence-corrected chi connectivity index (χ0v) is 41.9. The van der Waals surface area contributed by atoms with Crippen molar-refractivity contribution in [2.75, 3.05) is 5.32 Å². The summed E-state index contributed by atoms with van der Waals surface area (Å²) >= 11 is 17.5. The van der Waals surface area contributed by atoms with Crippen LogP contribution < -0.4 is 62.4 Å². The van der Waals surface area contributed by atoms with Gasteiger partial charge in [0.25, 0.3) is 0 Å². The summed E-state index contributed by atoms with van der Waals surface area (Å²) in [4.78, 5) is 17.5. The summed E-state index contributed by atoms with van der Waals surface area (Å²) in [5.74, 6) is 0.707. The summed E-state index contributed by atoms with van der Waals surface area (Å²) in [5.41, 5.74) is 16.6. The zero-order valence-electron chi connectivity index (χ0n) is 37.5. The third-order valence-electron chi connectivity index (χ3n) is 9.73. The average molecular weight is 946 g/mol. The second-order valence-corrected chi connectivity index (χ2v) is 15.9. The quantitative estimate of drug-likeness (QED) is 0.107. The molecule has 0 bridgehead atoms. The van der Waals surface area contributed by atoms with E-state index in [0.29, 0.717) is 50.2 Å². The third kappa shape index (κ3) is 13.3. The smallest absolute Gasteiger partial charge is 1.00 e. The Labute approximate surface area is 431 Å². The second kappa shape index (κ2) is 23.6. The summed E-state index contributed by atoms with van der Waals surface area (Å²) < 4.78 is 3.68. The molecule has 2 aromatic carbocycles. The number of rotatable bonds is 10. The van der Waals surface area contributed by atoms with E-state index in [1.807, 2.05) is 141 Å². The molecule has 18 heteroatoms. The van der Waals surface area contributed by atoms with Crippen LogP contribution in [0.2, 0.25) is 15.2 Å². The van der Waals surface area contributed by atoms with Gasteiger partial charge in [-0.3, -0.25) is 0 Å². The van der Waals surface area contributed by atoms with Crippen LogP contribution >= 0.6 is 34.8 Å². The van der Waals surface area contributed by atoms with Crippen LogP contribution in [0.25, 0.3) is 34.2 Å². The van der Waals surface area contributed by atoms with Crippen LogP contribution in [0.3, 0.4) is 0 Å². The van der Waals surface area contributed by atoms with Crippen molar-refractivity contribution in [2.45, 2.75) is 66.8 Å². The Hall–Kier alpha value is -4.49. The standard InChI is InChI=1S/C23H23ClN6O.C15H14ClN5O.C8H10ClN.K.H/c1-14-10-20(28-29-23(14)26-16(3)17-4-6-18(24)7-5-17)19-8-9-22(21(12-31)27-19)30-11-15(2)25-13-30;1-9-5-12(19-20-15(9)16)11-3-4-14(13(7-22)18-11)21-6-10(2)17-8-21;1-6(10)7-2-4-8(9)5-3-7;;/h4-11,13,16,31H,12H2,1-3H3,(H,26,29);3-6,8,22H,7H2,1-2H3;2-6H,10H2,1H3;;/q;;;+1;-1/t16-;;6-;;/m0.0../s1. The summed E-state index contributed by atoms with van der Waals surface area (Å²) in [6.45, 7) is 11.3. The van der Waals surface area contributed by atoms with Gasteiger partial charge in [0.2, 0.25) is 0 Å². The Balaban J connectivity index is 0.000000237. The maximum Gasteiger partial charge on any atom is 1.00 e. The van der Waals surface area contributed by atoms with Gasteiger partial charge in [-0.25, -0.2) is 19.9 Å². The van der Waals surface area contributed by atoms with Crippen LogP contribution in [0.5, 0.6) is 0 Å². The van der Waals surface area contributed by atoms with Crippen LogP contribution in [-0.2, 0) is 13.2 Å². The minimum absolute atomic E-state index is 0. The normalized spacial score (nSPS) is 11.6. The van der Waals surface area contributed by atoms with E-state index in [0.717, 1.165) is 50.0 Å². The van der Waals surface area contributed by atoms with E-state index >= 15 is 0 Å². The molecule has 0 fully saturated rings. The van der Waals surface area contributed by atoms with Crippen LogP contribution in [-0.4, -0.2) is 59.7 Å². The SMILES string of the molecule is C[C@H](N)c1ccc(Cl)cc1.Cc1cn(-c2ccc(-c3cc(C)c(Cl)nn3)nc2CO)cn1.Cc1cn(-c2ccc(-c3cc(C)c(N[C@@H](C)c4ccc(Cl)cc4)nn3)nc2CO)cn1.[H-].[K+]. The summed E-state index contributed by atoms with van der Waals surface area (Å²) in [5, 5.41) is 41.3. The number of imidazole rings is 2. The topological polar surface area (TPSA) is 191 Å². The van der Waals surface area contributed by atoms with Gasteiger partial charge in [-0.15, -0.1) is 20.4 Å². The number of aromatic nitrogens is 10. The average Bonchev–Trinajstić information content (AvgIpc) is 3.93. The molecular formula is C46H48Cl3KN12O2. The molecule has 2 atom stereocenters. The number of hydrogen-bond donors (Lipinski definition) is 4. The number of hydrogen-bond acceptors (Lipinski definition) is 12. The monoisotopic (exact) mass is 944 g/mol. The number of pyridine rings is 2. The van der Waals surface area contributed by atoms with Crippen molar-refractivity contribution in [1.29, 1.82) is 0 Å². The number of aliphatic hydroxyl groups excluding tert-OH is 2. The Morgan fingerprint density at radius 1 is 0.609 bits per heavy atom. The van der Waals surface area contributed by atoms with Crippen molar-refractivity contribution >= 4 is 40.6 Å². The van der Waals surface area contributed by atoms with Gasteiger partial charge < -0.3 is 31.8 Å². The fourth-order valence-electron chi connectivity index (χ4n) is 6.24. The molecule has 8 rings (SSSR count). The Bertz CT molecular complexity index is 2790. The Morgan fingerprint density at radius 3 is 1.47 bits per heavy atom. The first-order valence-corrected chi connectivity index (χ1v) is 21.0. The Kier molecular flexibility index (Phi) is 18.6. The summed E-state index contributed by atoms with van der Waals surface area (Å²) in [6.07, 6.45) is 7.17. The molecular weight excluding hydrogens is 898 g/mol. The largest absolute Gasteiger partial charge is 1.00 e. The van der Waals surface area contributed by atoms with E-state index < -0.39 is 0 Å². The first-order chi connectivity index (χ1) is 30.2. The predicted molar refractivity (Wildman–Crippen MR) is 249 cm³/mol. The van der Waals surface area contributed by atoms with E-state index in [-0.39, 0.29) is 78.1 Å². The minimum Gasteiger partial charge on any atom is -1.00 e. The molecule has 0 aliphatic heterocycles. The van der Waals surface area contributed by atoms with Crippen LogP contribution in [0.1, 0.15) is 72.4 Å². The molecule has 0 saturated heterocycles. The number of nitrogens with zero attached hydrogens (tertiary/aromatic N) is 10. The van der Waals surface area contributed by atoms with Gasteiger partial charge in [0, 0.05) is 28.5 Å². The van der Waals surface area contributed by atoms with Crippen molar-refractivity contribution in [2.24, 2.45) is 5.73 Å². The number of anilines is 1. The van der Waals surface area contributed by atoms with Gasteiger partial charge in [0.15, 0.2) is 11.0 Å². The summed E-state index contributed by atoms with van der Waals surface area (Å²) in [6, 6.07) is 26.7. The van der Waals surface area contributed by atoms with Gasteiger partial charge in [-0.05, 0) is 124 Å². The molecule has 8 aromatic rings. The first-order valence-electron chi connectivity index (χ1n) is 19.8. The zero-order chi connectivity index (χ0) is 45.2. The van der Waals surface area contributed by atoms with E-state index in [9.17, 15) is 10.2 Å². The number of aryl methyl sites for hydroxylation is 4. The molecule has 0 amide bonds. The molecule has 0 spiro atoms. The molecule has 0 aliphatic carbocycles. The molecule has 0 radical (unpaired) electrons. The molecule has 6 heterocycles. The molecule has 64 heavy (non-hydrogen) atoms. The molecule has 0 unspecified atom stereocenters. The van der Waals surface area contributed by atoms with E-state index in [1.54, 1.807) is 12.7 Å². The number of nitrogens with one attached hydrogen (secondary N) is 1. The van der Waals surface area contributed by atoms with Gasteiger partial charge in [-0.1, -0.05) is 59.1 Å². The molecule has 5 N–H and O–H groups in total. The van der Waals surface area contributed by atoms with Crippen molar-refractivity contribution < 1.29 is 63.0 Å². The molecule has 14 nitrogen and oxygen atoms in total. The number of benzene rings is 2. The fraction of sp³-hybridized carbons (Fsp3) is 0.217. The van der Waals surface area contributed by atoms with Gasteiger partial charge in [0.05, 0.1) is 77.4 Å². The van der Waals surface area contributed by atoms with Crippen molar-refractivity contribution in [3.8, 4) is 34.2 Å². The third-order valence-corrected chi connectivity index (χ3v) is 10.6. The van der Waals surface area contributed by atoms with E-state index in [2.05, 4.69) is 52.6 Å². The van der Waals surface area contributed by atoms with E-state index in [4.69, 9.17) is 40.5 Å². The minimum atomic E-state index is -0.189. The number of aliphatic hydroxyl groups is 2. The first kappa shape index (κ1) is 50.5. The molecule has 0 aliphatic rings. The van der Waals surface area contributed by atoms with Crippen LogP contribution in [0, 0.1) is 27.7 Å². The molecule has 0 saturated carbocycles. The van der Waals surface area contributed by atoms with Crippen molar-refractivity contribution in [1.82, 2.24) is 49.5 Å². The molecule has 6 aromatic heterocycles. The summed E-state index contributed by atoms with van der Waals surface area (Å²) in [7, 11) is 0. The van der Waals surface area contributed by atoms with Crippen LogP contribution in [0.4, 0.5) is 5.82 Å². The maximum atomic E-state index is 9.83. The van der Waals surface area contributed by atoms with Gasteiger partial charge >= 0.3 is 51.4 Å². The van der Waals surface area contributed by atoms with E-state index in [1.165, 1.54) is 0 Å². The van der Waals surface area contributed by atoms with Gasteiger partial charge in [-0.2, -0.15) is 0 Å². The fourth-order valence-corrected chi connectivity index (χ4v) is 6.58.